The van der Waals surface area contributed by atoms with E-state index in [0.717, 1.165) is 36.8 Å². The first-order chi connectivity index (χ1) is 12.2. The van der Waals surface area contributed by atoms with Crippen LogP contribution in [0, 0.1) is 0 Å². The molecule has 0 fully saturated rings. The van der Waals surface area contributed by atoms with E-state index < -0.39 is 0 Å². The molecular weight excluding hydrogens is 561 g/mol. The highest BCUT2D eigenvalue weighted by Gasteiger charge is 2.19. The van der Waals surface area contributed by atoms with E-state index in [2.05, 4.69) is 69.3 Å². The topological polar surface area (TPSA) is 61.4 Å². The fourth-order valence-corrected chi connectivity index (χ4v) is 4.34. The zero-order valence-electron chi connectivity index (χ0n) is 15.3. The Labute approximate surface area is 182 Å². The van der Waals surface area contributed by atoms with Crippen molar-refractivity contribution in [1.82, 2.24) is 10.6 Å². The summed E-state index contributed by atoms with van der Waals surface area (Å²) in [5.41, 5.74) is 3.58. The zero-order chi connectivity index (χ0) is 19.9. The van der Waals surface area contributed by atoms with Crippen molar-refractivity contribution in [2.45, 2.75) is 33.6 Å². The number of aliphatic hydroxyl groups is 1. The third-order valence-corrected chi connectivity index (χ3v) is 7.49. The first kappa shape index (κ1) is 23.4. The monoisotopic (exact) mass is 586 g/mol. The molecule has 1 amide bonds. The largest absolute Gasteiger partial charge is 0.391 e. The molecular formula is C19H25FI2N2O2. The molecule has 0 bridgehead atoms. The Hall–Kier alpha value is -0.680. The maximum Gasteiger partial charge on any atom is 0.249 e. The van der Waals surface area contributed by atoms with Crippen LogP contribution in [0.3, 0.4) is 0 Å². The molecule has 0 saturated carbocycles. The van der Waals surface area contributed by atoms with E-state index in [-0.39, 0.29) is 23.9 Å². The van der Waals surface area contributed by atoms with Crippen LogP contribution in [0.5, 0.6) is 0 Å². The predicted molar refractivity (Wildman–Crippen MR) is 122 cm³/mol. The van der Waals surface area contributed by atoms with E-state index >= 15 is 0 Å². The van der Waals surface area contributed by atoms with Gasteiger partial charge in [0.2, 0.25) is 5.91 Å². The molecule has 1 aliphatic rings. The van der Waals surface area contributed by atoms with E-state index in [1.165, 1.54) is 0 Å². The lowest BCUT2D eigenvalue weighted by atomic mass is 10.0. The Morgan fingerprint density at radius 1 is 1.35 bits per heavy atom. The molecule has 0 atom stereocenters. The molecule has 7 heteroatoms. The molecule has 0 aromatic heterocycles. The maximum absolute atomic E-state index is 14.4. The highest BCUT2D eigenvalue weighted by atomic mass is 127. The summed E-state index contributed by atoms with van der Waals surface area (Å²) in [6, 6.07) is 0. The number of nitrogens with one attached hydrogen (secondary N) is 2. The number of carbonyl (C=O) groups excluding carboxylic acids is 1. The zero-order valence-corrected chi connectivity index (χ0v) is 19.6. The normalized spacial score (nSPS) is 26.7. The number of amides is 1. The molecule has 1 heterocycles. The average Bonchev–Trinajstić information content (AvgIpc) is 2.63. The van der Waals surface area contributed by atoms with Gasteiger partial charge in [0, 0.05) is 37.1 Å². The van der Waals surface area contributed by atoms with Crippen molar-refractivity contribution in [3.63, 3.8) is 0 Å². The molecule has 0 unspecified atom stereocenters. The highest BCUT2D eigenvalue weighted by Crippen LogP contribution is 2.37. The third kappa shape index (κ3) is 6.19. The summed E-state index contributed by atoms with van der Waals surface area (Å²) in [6.45, 7) is 9.62. The fourth-order valence-electron chi connectivity index (χ4n) is 2.41. The minimum atomic E-state index is -0.379. The predicted octanol–water partition coefficient (Wildman–Crippen LogP) is 4.58. The van der Waals surface area contributed by atoms with Crippen LogP contribution in [-0.2, 0) is 4.79 Å². The van der Waals surface area contributed by atoms with Crippen LogP contribution in [0.4, 0.5) is 4.39 Å². The Bertz CT molecular complexity index is 706. The van der Waals surface area contributed by atoms with Crippen molar-refractivity contribution < 1.29 is 14.3 Å². The molecule has 0 spiro atoms. The summed E-state index contributed by atoms with van der Waals surface area (Å²) in [4.78, 5) is 11.9. The molecule has 0 aromatic rings. The molecule has 1 rings (SSSR count). The van der Waals surface area contributed by atoms with Crippen LogP contribution in [0.15, 0.2) is 53.6 Å². The quantitative estimate of drug-likeness (QED) is 0.316. The maximum atomic E-state index is 14.4. The second-order valence-electron chi connectivity index (χ2n) is 5.96. The average molecular weight is 586 g/mol. The Kier molecular flexibility index (Phi) is 10.1. The smallest absolute Gasteiger partial charge is 0.249 e. The van der Waals surface area contributed by atoms with Crippen LogP contribution in [0.2, 0.25) is 0 Å². The van der Waals surface area contributed by atoms with Crippen molar-refractivity contribution in [2.75, 3.05) is 19.7 Å². The van der Waals surface area contributed by atoms with Gasteiger partial charge in [0.1, 0.15) is 5.83 Å². The van der Waals surface area contributed by atoms with Gasteiger partial charge in [0.25, 0.3) is 0 Å². The summed E-state index contributed by atoms with van der Waals surface area (Å²) in [7, 11) is 0. The van der Waals surface area contributed by atoms with Crippen molar-refractivity contribution >= 4 is 51.1 Å². The fraction of sp³-hybridized carbons (Fsp3) is 0.421. The molecule has 0 aliphatic carbocycles. The number of rotatable bonds is 6. The summed E-state index contributed by atoms with van der Waals surface area (Å²) in [6.07, 6.45) is 3.24. The van der Waals surface area contributed by atoms with E-state index in [1.807, 2.05) is 13.8 Å². The van der Waals surface area contributed by atoms with Gasteiger partial charge in [-0.3, -0.25) is 4.79 Å². The van der Waals surface area contributed by atoms with Crippen molar-refractivity contribution in [1.29, 1.82) is 0 Å². The molecule has 3 N–H and O–H groups in total. The minimum absolute atomic E-state index is 0.122. The SMILES string of the molecule is C=C(CO)C(=O)NCC1=C(/C)NC\C=C(F)/C(C)=C(CCC)/C(I)=C/1I. The van der Waals surface area contributed by atoms with E-state index in [1.54, 1.807) is 6.08 Å². The van der Waals surface area contributed by atoms with Gasteiger partial charge in [-0.1, -0.05) is 19.9 Å². The lowest BCUT2D eigenvalue weighted by Gasteiger charge is -2.20. The Morgan fingerprint density at radius 2 is 1.96 bits per heavy atom. The van der Waals surface area contributed by atoms with Crippen LogP contribution in [-0.4, -0.2) is 30.7 Å². The number of halogens is 3. The summed E-state index contributed by atoms with van der Waals surface area (Å²) in [5.74, 6) is -0.585. The molecule has 0 saturated heterocycles. The van der Waals surface area contributed by atoms with Gasteiger partial charge in [0.15, 0.2) is 0 Å². The Balaban J connectivity index is 3.34. The van der Waals surface area contributed by atoms with Crippen molar-refractivity contribution in [2.24, 2.45) is 0 Å². The van der Waals surface area contributed by atoms with Crippen LogP contribution in [0.1, 0.15) is 33.6 Å². The minimum Gasteiger partial charge on any atom is -0.391 e. The van der Waals surface area contributed by atoms with E-state index in [4.69, 9.17) is 5.11 Å². The summed E-state index contributed by atoms with van der Waals surface area (Å²) < 4.78 is 16.4. The van der Waals surface area contributed by atoms with Crippen LogP contribution < -0.4 is 10.6 Å². The first-order valence-electron chi connectivity index (χ1n) is 8.36. The van der Waals surface area contributed by atoms with Crippen molar-refractivity contribution in [3.05, 3.63) is 53.6 Å². The molecule has 1 aliphatic heterocycles. The lowest BCUT2D eigenvalue weighted by molar-refractivity contribution is -0.117. The van der Waals surface area contributed by atoms with Gasteiger partial charge in [0.05, 0.1) is 6.61 Å². The number of carbonyl (C=O) groups is 1. The molecule has 4 nitrogen and oxygen atoms in total. The molecule has 0 radical (unpaired) electrons. The number of hydrogen-bond acceptors (Lipinski definition) is 3. The number of hydrogen-bond donors (Lipinski definition) is 3. The summed E-state index contributed by atoms with van der Waals surface area (Å²) >= 11 is 4.51. The van der Waals surface area contributed by atoms with E-state index in [9.17, 15) is 9.18 Å². The molecule has 144 valence electrons. The summed E-state index contributed by atoms with van der Waals surface area (Å²) in [5, 5.41) is 15.0. The Morgan fingerprint density at radius 3 is 2.54 bits per heavy atom. The molecule has 0 aromatic carbocycles. The van der Waals surface area contributed by atoms with Crippen LogP contribution >= 0.6 is 45.2 Å². The van der Waals surface area contributed by atoms with Gasteiger partial charge in [-0.15, -0.1) is 0 Å². The van der Waals surface area contributed by atoms with Gasteiger partial charge in [-0.25, -0.2) is 4.39 Å². The van der Waals surface area contributed by atoms with Gasteiger partial charge in [-0.2, -0.15) is 0 Å². The second-order valence-corrected chi connectivity index (χ2v) is 8.12. The first-order valence-corrected chi connectivity index (χ1v) is 10.5. The highest BCUT2D eigenvalue weighted by molar-refractivity contribution is 14.1. The van der Waals surface area contributed by atoms with Gasteiger partial charge >= 0.3 is 0 Å². The van der Waals surface area contributed by atoms with Gasteiger partial charge < -0.3 is 15.7 Å². The second kappa shape index (κ2) is 11.2. The third-order valence-electron chi connectivity index (χ3n) is 4.07. The number of aliphatic hydroxyl groups excluding tert-OH is 1. The van der Waals surface area contributed by atoms with E-state index in [0.29, 0.717) is 18.7 Å². The van der Waals surface area contributed by atoms with Gasteiger partial charge in [-0.05, 0) is 82.7 Å². The van der Waals surface area contributed by atoms with Crippen molar-refractivity contribution in [3.8, 4) is 0 Å². The lowest BCUT2D eigenvalue weighted by Crippen LogP contribution is -2.29. The number of allylic oxidation sites excluding steroid dienone is 5. The van der Waals surface area contributed by atoms with Crippen LogP contribution in [0.25, 0.3) is 0 Å². The standard InChI is InChI=1S/C19H25FI2N2O2/c1-5-6-14-12(3)16(20)7-8-23-13(4)15(18(22)17(14)21)9-24-19(26)11(2)10-25/h7,23,25H,2,5-6,8-10H2,1,3-4H3,(H,24,26)/b14-12+,15-13-,16-7+,18-17+. The molecule has 26 heavy (non-hydrogen) atoms.